The summed E-state index contributed by atoms with van der Waals surface area (Å²) < 4.78 is 4.71. The normalized spacial score (nSPS) is 13.9. The van der Waals surface area contributed by atoms with Crippen molar-refractivity contribution in [2.24, 2.45) is 5.73 Å². The zero-order valence-electron chi connectivity index (χ0n) is 15.5. The molecule has 6 heteroatoms. The Morgan fingerprint density at radius 1 is 1.07 bits per heavy atom. The third kappa shape index (κ3) is 4.58. The van der Waals surface area contributed by atoms with E-state index in [2.05, 4.69) is 10.2 Å². The maximum atomic E-state index is 11.8. The van der Waals surface area contributed by atoms with Crippen molar-refractivity contribution in [3.05, 3.63) is 59.2 Å². The van der Waals surface area contributed by atoms with Gasteiger partial charge in [0.1, 0.15) is 0 Å². The van der Waals surface area contributed by atoms with Gasteiger partial charge in [-0.2, -0.15) is 0 Å². The van der Waals surface area contributed by atoms with E-state index in [0.29, 0.717) is 17.7 Å². The average molecular weight is 367 g/mol. The molecule has 1 aliphatic rings. The predicted octanol–water partition coefficient (Wildman–Crippen LogP) is 3.17. The maximum absolute atomic E-state index is 11.8. The van der Waals surface area contributed by atoms with Crippen molar-refractivity contribution < 1.29 is 14.3 Å². The van der Waals surface area contributed by atoms with Crippen LogP contribution in [0.4, 0.5) is 11.4 Å². The fourth-order valence-electron chi connectivity index (χ4n) is 3.33. The Kier molecular flexibility index (Phi) is 5.96. The van der Waals surface area contributed by atoms with E-state index in [9.17, 15) is 9.59 Å². The summed E-state index contributed by atoms with van der Waals surface area (Å²) in [5, 5.41) is 3.37. The minimum Gasteiger partial charge on any atom is -0.465 e. The van der Waals surface area contributed by atoms with Gasteiger partial charge in [0.25, 0.3) is 5.91 Å². The Morgan fingerprint density at radius 2 is 1.78 bits per heavy atom. The number of piperidine rings is 1. The van der Waals surface area contributed by atoms with Gasteiger partial charge in [-0.1, -0.05) is 12.1 Å². The second-order valence-electron chi connectivity index (χ2n) is 6.69. The molecule has 0 aliphatic carbocycles. The number of nitrogens with one attached hydrogen (secondary N) is 1. The molecule has 6 nitrogen and oxygen atoms in total. The highest BCUT2D eigenvalue weighted by Crippen LogP contribution is 2.27. The Morgan fingerprint density at radius 3 is 2.41 bits per heavy atom. The number of carbonyl (C=O) groups is 2. The molecular weight excluding hydrogens is 342 g/mol. The molecule has 142 valence electrons. The van der Waals surface area contributed by atoms with Crippen molar-refractivity contribution in [3.8, 4) is 0 Å². The lowest BCUT2D eigenvalue weighted by Gasteiger charge is -2.30. The van der Waals surface area contributed by atoms with Gasteiger partial charge in [-0.25, -0.2) is 4.79 Å². The van der Waals surface area contributed by atoms with E-state index in [-0.39, 0.29) is 5.97 Å². The summed E-state index contributed by atoms with van der Waals surface area (Å²) in [6, 6.07) is 12.9. The first kappa shape index (κ1) is 18.8. The number of hydrogen-bond acceptors (Lipinski definition) is 5. The number of nitrogens with zero attached hydrogens (tertiary/aromatic N) is 1. The summed E-state index contributed by atoms with van der Waals surface area (Å²) in [4.78, 5) is 25.5. The van der Waals surface area contributed by atoms with Crippen LogP contribution in [-0.2, 0) is 11.3 Å². The average Bonchev–Trinajstić information content (AvgIpc) is 2.72. The summed E-state index contributed by atoms with van der Waals surface area (Å²) in [7, 11) is 1.37. The number of hydrogen-bond donors (Lipinski definition) is 2. The van der Waals surface area contributed by atoms with E-state index in [4.69, 9.17) is 10.5 Å². The summed E-state index contributed by atoms with van der Waals surface area (Å²) in [5.41, 5.74) is 9.52. The molecule has 1 amide bonds. The quantitative estimate of drug-likeness (QED) is 0.766. The van der Waals surface area contributed by atoms with Crippen LogP contribution in [0.5, 0.6) is 0 Å². The highest BCUT2D eigenvalue weighted by molar-refractivity contribution is 5.99. The summed E-state index contributed by atoms with van der Waals surface area (Å²) >= 11 is 0. The largest absolute Gasteiger partial charge is 0.465 e. The van der Waals surface area contributed by atoms with Gasteiger partial charge in [0.05, 0.1) is 23.9 Å². The summed E-state index contributed by atoms with van der Waals surface area (Å²) in [5.74, 6) is -0.747. The summed E-state index contributed by atoms with van der Waals surface area (Å²) in [6.07, 6.45) is 3.48. The summed E-state index contributed by atoms with van der Waals surface area (Å²) in [6.45, 7) is 2.49. The number of anilines is 2. The van der Waals surface area contributed by atoms with Crippen LogP contribution in [0, 0.1) is 0 Å². The van der Waals surface area contributed by atoms with Gasteiger partial charge in [-0.3, -0.25) is 4.79 Å². The third-order valence-corrected chi connectivity index (χ3v) is 4.83. The van der Waals surface area contributed by atoms with Gasteiger partial charge in [-0.05, 0) is 55.2 Å². The Hall–Kier alpha value is -3.02. The van der Waals surface area contributed by atoms with Crippen molar-refractivity contribution >= 4 is 23.3 Å². The predicted molar refractivity (Wildman–Crippen MR) is 106 cm³/mol. The van der Waals surface area contributed by atoms with Gasteiger partial charge >= 0.3 is 5.97 Å². The molecule has 1 aliphatic heterocycles. The lowest BCUT2D eigenvalue weighted by Crippen LogP contribution is -2.31. The van der Waals surface area contributed by atoms with Gasteiger partial charge in [0.2, 0.25) is 0 Å². The molecule has 2 aromatic carbocycles. The molecule has 27 heavy (non-hydrogen) atoms. The van der Waals surface area contributed by atoms with E-state index >= 15 is 0 Å². The topological polar surface area (TPSA) is 84.7 Å². The number of rotatable bonds is 6. The Labute approximate surface area is 159 Å². The van der Waals surface area contributed by atoms with Crippen molar-refractivity contribution in [3.63, 3.8) is 0 Å². The monoisotopic (exact) mass is 367 g/mol. The lowest BCUT2D eigenvalue weighted by atomic mass is 10.1. The van der Waals surface area contributed by atoms with Crippen LogP contribution in [0.1, 0.15) is 45.5 Å². The van der Waals surface area contributed by atoms with Crippen LogP contribution in [-0.4, -0.2) is 32.1 Å². The molecular formula is C21H25N3O3. The van der Waals surface area contributed by atoms with Gasteiger partial charge < -0.3 is 20.7 Å². The SMILES string of the molecule is COC(=O)c1ccc(CNc2ccc(C(N)=O)c(N3CCCCC3)c2)cc1. The molecule has 1 saturated heterocycles. The maximum Gasteiger partial charge on any atom is 0.337 e. The van der Waals surface area contributed by atoms with E-state index in [1.165, 1.54) is 13.5 Å². The number of esters is 1. The first-order chi connectivity index (χ1) is 13.1. The zero-order valence-corrected chi connectivity index (χ0v) is 15.5. The fraction of sp³-hybridized carbons (Fsp3) is 0.333. The van der Waals surface area contributed by atoms with Crippen molar-refractivity contribution in [2.75, 3.05) is 30.4 Å². The molecule has 1 heterocycles. The van der Waals surface area contributed by atoms with Crippen molar-refractivity contribution in [2.45, 2.75) is 25.8 Å². The number of benzene rings is 2. The fourth-order valence-corrected chi connectivity index (χ4v) is 3.33. The smallest absolute Gasteiger partial charge is 0.337 e. The Balaban J connectivity index is 1.73. The highest BCUT2D eigenvalue weighted by Gasteiger charge is 2.17. The zero-order chi connectivity index (χ0) is 19.2. The Bertz CT molecular complexity index is 812. The number of ether oxygens (including phenoxy) is 1. The molecule has 0 spiro atoms. The van der Waals surface area contributed by atoms with Crippen molar-refractivity contribution in [1.29, 1.82) is 0 Å². The number of nitrogens with two attached hydrogens (primary N) is 1. The molecule has 0 atom stereocenters. The minimum atomic E-state index is -0.402. The first-order valence-electron chi connectivity index (χ1n) is 9.18. The standard InChI is InChI=1S/C21H25N3O3/c1-27-21(26)16-7-5-15(6-8-16)14-23-17-9-10-18(20(22)25)19(13-17)24-11-3-2-4-12-24/h5-10,13,23H,2-4,11-12,14H2,1H3,(H2,22,25). The number of amides is 1. The van der Waals surface area contributed by atoms with Crippen molar-refractivity contribution in [1.82, 2.24) is 0 Å². The second-order valence-corrected chi connectivity index (χ2v) is 6.69. The van der Waals surface area contributed by atoms with E-state index in [1.807, 2.05) is 24.3 Å². The first-order valence-corrected chi connectivity index (χ1v) is 9.18. The molecule has 0 saturated carbocycles. The number of carbonyl (C=O) groups excluding carboxylic acids is 2. The molecule has 3 rings (SSSR count). The molecule has 0 aromatic heterocycles. The molecule has 1 fully saturated rings. The lowest BCUT2D eigenvalue weighted by molar-refractivity contribution is 0.0600. The highest BCUT2D eigenvalue weighted by atomic mass is 16.5. The van der Waals surface area contributed by atoms with Crippen LogP contribution in [0.3, 0.4) is 0 Å². The van der Waals surface area contributed by atoms with Crippen LogP contribution in [0.2, 0.25) is 0 Å². The molecule has 2 aromatic rings. The number of primary amides is 1. The van der Waals surface area contributed by atoms with Gasteiger partial charge in [0, 0.05) is 25.3 Å². The molecule has 0 unspecified atom stereocenters. The minimum absolute atomic E-state index is 0.345. The molecule has 0 radical (unpaired) electrons. The van der Waals surface area contributed by atoms with Gasteiger partial charge in [0.15, 0.2) is 0 Å². The number of methoxy groups -OCH3 is 1. The van der Waals surface area contributed by atoms with Crippen LogP contribution in [0.15, 0.2) is 42.5 Å². The third-order valence-electron chi connectivity index (χ3n) is 4.83. The molecule has 0 bridgehead atoms. The van der Waals surface area contributed by atoms with Crippen LogP contribution >= 0.6 is 0 Å². The van der Waals surface area contributed by atoms with Gasteiger partial charge in [-0.15, -0.1) is 0 Å². The van der Waals surface area contributed by atoms with E-state index in [1.54, 1.807) is 18.2 Å². The van der Waals surface area contributed by atoms with E-state index < -0.39 is 5.91 Å². The molecule has 3 N–H and O–H groups in total. The van der Waals surface area contributed by atoms with E-state index in [0.717, 1.165) is 42.9 Å². The van der Waals surface area contributed by atoms with Crippen LogP contribution in [0.25, 0.3) is 0 Å². The van der Waals surface area contributed by atoms with Crippen LogP contribution < -0.4 is 16.0 Å². The second kappa shape index (κ2) is 8.58.